The molecule has 1 saturated heterocycles. The molecule has 8 heteroatoms. The van der Waals surface area contributed by atoms with Gasteiger partial charge in [0.2, 0.25) is 10.0 Å². The Balaban J connectivity index is 2.03. The molecule has 0 spiro atoms. The molecule has 2 rings (SSSR count). The molecule has 2 N–H and O–H groups in total. The monoisotopic (exact) mass is 284 g/mol. The topological polar surface area (TPSA) is 96.6 Å². The molecule has 1 aliphatic heterocycles. The number of primary amides is 1. The second-order valence-electron chi connectivity index (χ2n) is 4.41. The van der Waals surface area contributed by atoms with Crippen LogP contribution in [0.1, 0.15) is 10.5 Å². The molecule has 1 fully saturated rings. The molecule has 1 amide bonds. The Labute approximate surface area is 112 Å². The summed E-state index contributed by atoms with van der Waals surface area (Å²) in [6, 6.07) is 3.34. The minimum atomic E-state index is -3.12. The molecule has 0 aliphatic carbocycles. The van der Waals surface area contributed by atoms with Crippen molar-refractivity contribution in [2.75, 3.05) is 37.3 Å². The Morgan fingerprint density at radius 3 is 2.32 bits per heavy atom. The molecule has 7 nitrogen and oxygen atoms in total. The molecule has 1 aromatic heterocycles. The molecule has 1 aliphatic rings. The quantitative estimate of drug-likeness (QED) is 0.788. The zero-order chi connectivity index (χ0) is 14.0. The first kappa shape index (κ1) is 13.8. The maximum Gasteiger partial charge on any atom is 0.267 e. The minimum Gasteiger partial charge on any atom is -0.368 e. The van der Waals surface area contributed by atoms with Crippen LogP contribution in [0.2, 0.25) is 0 Å². The van der Waals surface area contributed by atoms with Gasteiger partial charge in [0.15, 0.2) is 0 Å². The Morgan fingerprint density at radius 1 is 1.26 bits per heavy atom. The predicted octanol–water partition coefficient (Wildman–Crippen LogP) is -0.738. The van der Waals surface area contributed by atoms with E-state index in [0.29, 0.717) is 26.2 Å². The van der Waals surface area contributed by atoms with Gasteiger partial charge in [0, 0.05) is 26.2 Å². The van der Waals surface area contributed by atoms with Gasteiger partial charge in [0.05, 0.1) is 18.1 Å². The van der Waals surface area contributed by atoms with Gasteiger partial charge >= 0.3 is 0 Å². The maximum atomic E-state index is 11.4. The first-order valence-electron chi connectivity index (χ1n) is 5.84. The lowest BCUT2D eigenvalue weighted by molar-refractivity contribution is 0.0995. The summed E-state index contributed by atoms with van der Waals surface area (Å²) in [6.07, 6.45) is 2.79. The van der Waals surface area contributed by atoms with Crippen molar-refractivity contribution in [1.29, 1.82) is 0 Å². The highest BCUT2D eigenvalue weighted by molar-refractivity contribution is 7.88. The molecule has 0 bridgehead atoms. The average molecular weight is 284 g/mol. The van der Waals surface area contributed by atoms with E-state index in [4.69, 9.17) is 5.73 Å². The van der Waals surface area contributed by atoms with E-state index in [1.54, 1.807) is 18.3 Å². The molecular weight excluding hydrogens is 268 g/mol. The summed E-state index contributed by atoms with van der Waals surface area (Å²) < 4.78 is 24.2. The number of anilines is 1. The van der Waals surface area contributed by atoms with E-state index in [1.165, 1.54) is 10.6 Å². The van der Waals surface area contributed by atoms with Gasteiger partial charge in [-0.3, -0.25) is 4.79 Å². The number of sulfonamides is 1. The highest BCUT2D eigenvalue weighted by Gasteiger charge is 2.23. The summed E-state index contributed by atoms with van der Waals surface area (Å²) in [4.78, 5) is 16.9. The Morgan fingerprint density at radius 2 is 1.89 bits per heavy atom. The molecule has 0 radical (unpaired) electrons. The van der Waals surface area contributed by atoms with Crippen molar-refractivity contribution in [2.45, 2.75) is 0 Å². The van der Waals surface area contributed by atoms with E-state index < -0.39 is 15.9 Å². The largest absolute Gasteiger partial charge is 0.368 e. The van der Waals surface area contributed by atoms with Crippen LogP contribution in [0.15, 0.2) is 18.3 Å². The van der Waals surface area contributed by atoms with E-state index in [0.717, 1.165) is 5.69 Å². The first-order chi connectivity index (χ1) is 8.88. The van der Waals surface area contributed by atoms with Crippen LogP contribution in [0.4, 0.5) is 5.69 Å². The Hall–Kier alpha value is -1.67. The molecule has 0 atom stereocenters. The third-order valence-electron chi connectivity index (χ3n) is 3.07. The molecule has 1 aromatic rings. The lowest BCUT2D eigenvalue weighted by Crippen LogP contribution is -2.48. The first-order valence-corrected chi connectivity index (χ1v) is 7.68. The SMILES string of the molecule is CS(=O)(=O)N1CCN(c2ccc(C(N)=O)nc2)CC1. The molecule has 2 heterocycles. The van der Waals surface area contributed by atoms with Gasteiger partial charge in [0.1, 0.15) is 5.69 Å². The summed E-state index contributed by atoms with van der Waals surface area (Å²) in [6.45, 7) is 2.11. The number of pyridine rings is 1. The standard InChI is InChI=1S/C11H16N4O3S/c1-19(17,18)15-6-4-14(5-7-15)9-2-3-10(11(12)16)13-8-9/h2-3,8H,4-7H2,1H3,(H2,12,16). The third-order valence-corrected chi connectivity index (χ3v) is 4.38. The Kier molecular flexibility index (Phi) is 3.72. The van der Waals surface area contributed by atoms with Crippen LogP contribution < -0.4 is 10.6 Å². The van der Waals surface area contributed by atoms with Crippen LogP contribution in [0, 0.1) is 0 Å². The summed E-state index contributed by atoms with van der Waals surface area (Å²) in [5, 5.41) is 0. The van der Waals surface area contributed by atoms with Crippen LogP contribution in [0.3, 0.4) is 0 Å². The van der Waals surface area contributed by atoms with Gasteiger partial charge < -0.3 is 10.6 Å². The number of amides is 1. The number of piperazine rings is 1. The summed E-state index contributed by atoms with van der Waals surface area (Å²) in [5.74, 6) is -0.562. The van der Waals surface area contributed by atoms with Gasteiger partial charge in [-0.15, -0.1) is 0 Å². The number of hydrogen-bond acceptors (Lipinski definition) is 5. The Bertz CT molecular complexity index is 562. The van der Waals surface area contributed by atoms with Crippen LogP contribution in [-0.4, -0.2) is 56.0 Å². The fourth-order valence-electron chi connectivity index (χ4n) is 2.00. The van der Waals surface area contributed by atoms with Crippen LogP contribution in [0.25, 0.3) is 0 Å². The van der Waals surface area contributed by atoms with Gasteiger partial charge in [-0.25, -0.2) is 13.4 Å². The fraction of sp³-hybridized carbons (Fsp3) is 0.455. The second-order valence-corrected chi connectivity index (χ2v) is 6.40. The van der Waals surface area contributed by atoms with Crippen LogP contribution >= 0.6 is 0 Å². The zero-order valence-corrected chi connectivity index (χ0v) is 11.4. The second kappa shape index (κ2) is 5.14. The summed E-state index contributed by atoms with van der Waals surface area (Å²) in [7, 11) is -3.12. The van der Waals surface area contributed by atoms with Gasteiger partial charge in [-0.05, 0) is 12.1 Å². The van der Waals surface area contributed by atoms with Crippen molar-refractivity contribution in [1.82, 2.24) is 9.29 Å². The van der Waals surface area contributed by atoms with Crippen LogP contribution in [-0.2, 0) is 10.0 Å². The fourth-order valence-corrected chi connectivity index (χ4v) is 2.82. The van der Waals surface area contributed by atoms with Crippen molar-refractivity contribution in [2.24, 2.45) is 5.73 Å². The van der Waals surface area contributed by atoms with Crippen molar-refractivity contribution in [3.63, 3.8) is 0 Å². The molecule has 0 saturated carbocycles. The number of rotatable bonds is 3. The number of nitrogens with zero attached hydrogens (tertiary/aromatic N) is 3. The maximum absolute atomic E-state index is 11.4. The van der Waals surface area contributed by atoms with Gasteiger partial charge in [-0.1, -0.05) is 0 Å². The van der Waals surface area contributed by atoms with Crippen LogP contribution in [0.5, 0.6) is 0 Å². The normalized spacial score (nSPS) is 17.4. The van der Waals surface area contributed by atoms with Crippen molar-refractivity contribution < 1.29 is 13.2 Å². The lowest BCUT2D eigenvalue weighted by Gasteiger charge is -2.34. The van der Waals surface area contributed by atoms with E-state index in [1.807, 2.05) is 4.90 Å². The lowest BCUT2D eigenvalue weighted by atomic mass is 10.2. The van der Waals surface area contributed by atoms with Crippen molar-refractivity contribution in [3.8, 4) is 0 Å². The van der Waals surface area contributed by atoms with E-state index >= 15 is 0 Å². The van der Waals surface area contributed by atoms with E-state index in [9.17, 15) is 13.2 Å². The van der Waals surface area contributed by atoms with Crippen molar-refractivity contribution in [3.05, 3.63) is 24.0 Å². The third kappa shape index (κ3) is 3.21. The molecule has 104 valence electrons. The van der Waals surface area contributed by atoms with Crippen molar-refractivity contribution >= 4 is 21.6 Å². The van der Waals surface area contributed by atoms with Gasteiger partial charge in [0.25, 0.3) is 5.91 Å². The summed E-state index contributed by atoms with van der Waals surface area (Å²) in [5.41, 5.74) is 6.20. The molecule has 0 unspecified atom stereocenters. The number of nitrogens with two attached hydrogens (primary N) is 1. The van der Waals surface area contributed by atoms with E-state index in [-0.39, 0.29) is 5.69 Å². The number of carbonyl (C=O) groups is 1. The van der Waals surface area contributed by atoms with Gasteiger partial charge in [-0.2, -0.15) is 4.31 Å². The number of aromatic nitrogens is 1. The highest BCUT2D eigenvalue weighted by Crippen LogP contribution is 2.16. The number of carbonyl (C=O) groups excluding carboxylic acids is 1. The molecule has 0 aromatic carbocycles. The van der Waals surface area contributed by atoms with E-state index in [2.05, 4.69) is 4.98 Å². The highest BCUT2D eigenvalue weighted by atomic mass is 32.2. The summed E-state index contributed by atoms with van der Waals surface area (Å²) >= 11 is 0. The molecular formula is C11H16N4O3S. The average Bonchev–Trinajstić information content (AvgIpc) is 2.38. The number of hydrogen-bond donors (Lipinski definition) is 1. The smallest absolute Gasteiger partial charge is 0.267 e. The minimum absolute atomic E-state index is 0.221. The predicted molar refractivity (Wildman–Crippen MR) is 71.4 cm³/mol. The molecule has 19 heavy (non-hydrogen) atoms. The zero-order valence-electron chi connectivity index (χ0n) is 10.6.